The van der Waals surface area contributed by atoms with Gasteiger partial charge in [0.15, 0.2) is 0 Å². The van der Waals surface area contributed by atoms with E-state index in [1.54, 1.807) is 6.07 Å². The van der Waals surface area contributed by atoms with Gasteiger partial charge in [0.2, 0.25) is 0 Å². The molecule has 2 heteroatoms. The molecule has 1 rings (SSSR count). The molecule has 13 heavy (non-hydrogen) atoms. The summed E-state index contributed by atoms with van der Waals surface area (Å²) >= 11 is 0. The first-order valence-corrected chi connectivity index (χ1v) is 4.15. The van der Waals surface area contributed by atoms with Gasteiger partial charge in [-0.1, -0.05) is 12.2 Å². The molecule has 0 aromatic carbocycles. The molecule has 0 amide bonds. The highest BCUT2D eigenvalue weighted by molar-refractivity contribution is 5.79. The van der Waals surface area contributed by atoms with Crippen molar-refractivity contribution >= 4 is 11.8 Å². The molecule has 0 saturated carbocycles. The highest BCUT2D eigenvalue weighted by Gasteiger charge is 2.02. The Morgan fingerprint density at radius 3 is 2.85 bits per heavy atom. The smallest absolute Gasteiger partial charge is 0.130 e. The molecule has 0 atom stereocenters. The van der Waals surface area contributed by atoms with Crippen LogP contribution >= 0.6 is 0 Å². The van der Waals surface area contributed by atoms with E-state index in [9.17, 15) is 0 Å². The van der Waals surface area contributed by atoms with Crippen LogP contribution in [0.1, 0.15) is 24.9 Å². The Morgan fingerprint density at radius 2 is 2.38 bits per heavy atom. The zero-order valence-electron chi connectivity index (χ0n) is 7.66. The van der Waals surface area contributed by atoms with Gasteiger partial charge in [-0.25, -0.2) is 0 Å². The van der Waals surface area contributed by atoms with Crippen molar-refractivity contribution in [1.82, 2.24) is 0 Å². The largest absolute Gasteiger partial charge is 0.808 e. The van der Waals surface area contributed by atoms with Gasteiger partial charge >= 0.3 is 0 Å². The molecule has 68 valence electrons. The SMILES string of the molecule is C=CC/C(=C\C)c1ccc(C=[N-])o1. The monoisotopic (exact) mass is 174 g/mol. The minimum absolute atomic E-state index is 0.471. The van der Waals surface area contributed by atoms with Crippen LogP contribution in [0.2, 0.25) is 0 Å². The van der Waals surface area contributed by atoms with E-state index in [1.807, 2.05) is 25.1 Å². The fourth-order valence-electron chi connectivity index (χ4n) is 1.11. The molecule has 0 N–H and O–H groups in total. The molecule has 2 nitrogen and oxygen atoms in total. The van der Waals surface area contributed by atoms with Crippen molar-refractivity contribution in [3.8, 4) is 0 Å². The Hall–Kier alpha value is -1.57. The van der Waals surface area contributed by atoms with Crippen LogP contribution in [0.3, 0.4) is 0 Å². The number of rotatable bonds is 4. The minimum Gasteiger partial charge on any atom is -0.808 e. The Morgan fingerprint density at radius 1 is 1.62 bits per heavy atom. The van der Waals surface area contributed by atoms with Gasteiger partial charge < -0.3 is 9.83 Å². The summed E-state index contributed by atoms with van der Waals surface area (Å²) in [5.41, 5.74) is 1.07. The topological polar surface area (TPSA) is 35.4 Å². The second kappa shape index (κ2) is 4.45. The molecule has 1 aromatic heterocycles. The van der Waals surface area contributed by atoms with Crippen LogP contribution in [0, 0.1) is 0 Å². The maximum Gasteiger partial charge on any atom is 0.130 e. The minimum atomic E-state index is 0.471. The van der Waals surface area contributed by atoms with Gasteiger partial charge in [0.25, 0.3) is 0 Å². The highest BCUT2D eigenvalue weighted by atomic mass is 16.3. The molecule has 1 aromatic rings. The van der Waals surface area contributed by atoms with Crippen molar-refractivity contribution in [3.63, 3.8) is 0 Å². The lowest BCUT2D eigenvalue weighted by molar-refractivity contribution is 0.545. The number of hydrogen-bond acceptors (Lipinski definition) is 1. The standard InChI is InChI=1S/C11H12NO/c1-3-5-9(4-2)11-7-6-10(8-12)13-11/h3-4,6-8H,1,5H2,2H3/q-1/b9-4+. The fourth-order valence-corrected chi connectivity index (χ4v) is 1.11. The van der Waals surface area contributed by atoms with E-state index < -0.39 is 0 Å². The van der Waals surface area contributed by atoms with Crippen LogP contribution in [-0.2, 0) is 0 Å². The average Bonchev–Trinajstić information content (AvgIpc) is 2.62. The Labute approximate surface area is 78.1 Å². The third kappa shape index (κ3) is 2.18. The Kier molecular flexibility index (Phi) is 3.26. The summed E-state index contributed by atoms with van der Waals surface area (Å²) in [6, 6.07) is 3.56. The summed E-state index contributed by atoms with van der Waals surface area (Å²) in [6.45, 7) is 5.61. The quantitative estimate of drug-likeness (QED) is 0.509. The molecule has 0 radical (unpaired) electrons. The normalized spacial score (nSPS) is 11.3. The molecule has 0 bridgehead atoms. The van der Waals surface area contributed by atoms with Crippen molar-refractivity contribution in [2.24, 2.45) is 0 Å². The molecule has 0 aliphatic carbocycles. The van der Waals surface area contributed by atoms with Crippen LogP contribution in [-0.4, -0.2) is 6.21 Å². The van der Waals surface area contributed by atoms with Gasteiger partial charge in [-0.3, -0.25) is 0 Å². The van der Waals surface area contributed by atoms with Crippen LogP contribution in [0.5, 0.6) is 0 Å². The second-order valence-corrected chi connectivity index (χ2v) is 2.64. The molecular weight excluding hydrogens is 162 g/mol. The lowest BCUT2D eigenvalue weighted by Gasteiger charge is -1.98. The Balaban J connectivity index is 2.91. The lowest BCUT2D eigenvalue weighted by atomic mass is 10.1. The van der Waals surface area contributed by atoms with E-state index in [2.05, 4.69) is 6.58 Å². The van der Waals surface area contributed by atoms with Gasteiger partial charge in [-0.2, -0.15) is 6.21 Å². The lowest BCUT2D eigenvalue weighted by Crippen LogP contribution is -1.78. The fraction of sp³-hybridized carbons (Fsp3) is 0.182. The Bertz CT molecular complexity index is 334. The van der Waals surface area contributed by atoms with E-state index in [1.165, 1.54) is 0 Å². The second-order valence-electron chi connectivity index (χ2n) is 2.64. The van der Waals surface area contributed by atoms with Crippen molar-refractivity contribution in [1.29, 1.82) is 0 Å². The first-order chi connectivity index (χ1) is 6.31. The van der Waals surface area contributed by atoms with Gasteiger partial charge in [-0.15, -0.1) is 6.58 Å². The van der Waals surface area contributed by atoms with Gasteiger partial charge in [0.1, 0.15) is 11.5 Å². The molecule has 0 aliphatic rings. The third-order valence-electron chi connectivity index (χ3n) is 1.78. The molecule has 1 heterocycles. The molecule has 0 fully saturated rings. The number of hydrogen-bond donors (Lipinski definition) is 0. The summed E-state index contributed by atoms with van der Waals surface area (Å²) in [7, 11) is 0. The van der Waals surface area contributed by atoms with Crippen LogP contribution in [0.25, 0.3) is 11.0 Å². The van der Waals surface area contributed by atoms with Crippen molar-refractivity contribution < 1.29 is 4.42 Å². The predicted molar refractivity (Wildman–Crippen MR) is 55.7 cm³/mol. The first-order valence-electron chi connectivity index (χ1n) is 4.15. The van der Waals surface area contributed by atoms with E-state index in [4.69, 9.17) is 9.83 Å². The number of furan rings is 1. The molecular formula is C11H12NO-. The zero-order chi connectivity index (χ0) is 9.68. The molecule has 0 aliphatic heterocycles. The number of allylic oxidation sites excluding steroid dienone is 3. The third-order valence-corrected chi connectivity index (χ3v) is 1.78. The van der Waals surface area contributed by atoms with Crippen LogP contribution < -0.4 is 0 Å². The average molecular weight is 174 g/mol. The van der Waals surface area contributed by atoms with Crippen LogP contribution in [0.4, 0.5) is 0 Å². The van der Waals surface area contributed by atoms with E-state index in [0.717, 1.165) is 24.0 Å². The molecule has 0 spiro atoms. The van der Waals surface area contributed by atoms with Crippen molar-refractivity contribution in [2.75, 3.05) is 0 Å². The van der Waals surface area contributed by atoms with E-state index in [-0.39, 0.29) is 0 Å². The molecule has 0 saturated heterocycles. The van der Waals surface area contributed by atoms with Crippen LogP contribution in [0.15, 0.2) is 35.3 Å². The molecule has 0 unspecified atom stereocenters. The predicted octanol–water partition coefficient (Wildman–Crippen LogP) is 3.25. The summed E-state index contributed by atoms with van der Waals surface area (Å²) in [5.74, 6) is 1.25. The van der Waals surface area contributed by atoms with Gasteiger partial charge in [0.05, 0.1) is 0 Å². The van der Waals surface area contributed by atoms with Crippen molar-refractivity contribution in [2.45, 2.75) is 13.3 Å². The summed E-state index contributed by atoms with van der Waals surface area (Å²) in [4.78, 5) is 0. The first kappa shape index (κ1) is 9.52. The number of nitrogens with zero attached hydrogens (tertiary/aromatic N) is 1. The highest BCUT2D eigenvalue weighted by Crippen LogP contribution is 2.20. The maximum atomic E-state index is 8.68. The summed E-state index contributed by atoms with van der Waals surface area (Å²) in [5, 5.41) is 8.68. The summed E-state index contributed by atoms with van der Waals surface area (Å²) < 4.78 is 5.32. The zero-order valence-corrected chi connectivity index (χ0v) is 7.66. The maximum absolute atomic E-state index is 8.68. The van der Waals surface area contributed by atoms with E-state index >= 15 is 0 Å². The van der Waals surface area contributed by atoms with E-state index in [0.29, 0.717) is 5.76 Å². The summed E-state index contributed by atoms with van der Waals surface area (Å²) in [6.07, 6.45) is 5.52. The van der Waals surface area contributed by atoms with Gasteiger partial charge in [0, 0.05) is 0 Å². The van der Waals surface area contributed by atoms with Gasteiger partial charge in [-0.05, 0) is 31.1 Å². The van der Waals surface area contributed by atoms with Crippen molar-refractivity contribution in [3.05, 3.63) is 47.8 Å².